The van der Waals surface area contributed by atoms with E-state index in [0.717, 1.165) is 0 Å². The van der Waals surface area contributed by atoms with Crippen molar-refractivity contribution >= 4 is 0 Å². The Labute approximate surface area is 57.0 Å². The molecule has 0 aromatic heterocycles. The van der Waals surface area contributed by atoms with Crippen LogP contribution in [0.4, 0.5) is 13.2 Å². The number of halogens is 3. The minimum atomic E-state index is -1.32. The van der Waals surface area contributed by atoms with Crippen LogP contribution in [0.3, 0.4) is 0 Å². The lowest BCUT2D eigenvalue weighted by molar-refractivity contribution is 0.452. The van der Waals surface area contributed by atoms with E-state index in [1.807, 2.05) is 0 Å². The molecular weight excluding hydrogens is 141 g/mol. The molecule has 0 aromatic rings. The zero-order valence-electron chi connectivity index (χ0n) is 5.55. The first kappa shape index (κ1) is 7.38. The van der Waals surface area contributed by atoms with Crippen LogP contribution in [0.1, 0.15) is 19.8 Å². The maximum atomic E-state index is 12.4. The van der Waals surface area contributed by atoms with Gasteiger partial charge in [0.1, 0.15) is 5.83 Å². The minimum Gasteiger partial charge on any atom is -0.208 e. The van der Waals surface area contributed by atoms with Crippen molar-refractivity contribution in [2.75, 3.05) is 0 Å². The Morgan fingerprint density at radius 3 is 2.10 bits per heavy atom. The quantitative estimate of drug-likeness (QED) is 0.495. The lowest BCUT2D eigenvalue weighted by Gasteiger charge is -2.08. The van der Waals surface area contributed by atoms with Crippen LogP contribution in [0.15, 0.2) is 23.1 Å². The Morgan fingerprint density at radius 2 is 1.60 bits per heavy atom. The number of hydrogen-bond acceptors (Lipinski definition) is 0. The molecule has 0 nitrogen and oxygen atoms in total. The highest BCUT2D eigenvalue weighted by Gasteiger charge is 2.19. The fourth-order valence-corrected chi connectivity index (χ4v) is 0.823. The largest absolute Gasteiger partial charge is 0.208 e. The molecule has 0 radical (unpaired) electrons. The Bertz CT molecular complexity index is 189. The van der Waals surface area contributed by atoms with Gasteiger partial charge in [-0.3, -0.25) is 0 Å². The molecule has 0 unspecified atom stereocenters. The van der Waals surface area contributed by atoms with Crippen molar-refractivity contribution in [1.82, 2.24) is 0 Å². The van der Waals surface area contributed by atoms with Crippen LogP contribution in [0.25, 0.3) is 0 Å². The van der Waals surface area contributed by atoms with Crippen LogP contribution in [0.5, 0.6) is 0 Å². The Balaban J connectivity index is 3.01. The second kappa shape index (κ2) is 2.48. The molecule has 56 valence electrons. The van der Waals surface area contributed by atoms with Gasteiger partial charge in [0.05, 0.1) is 0 Å². The van der Waals surface area contributed by atoms with Gasteiger partial charge in [0.25, 0.3) is 0 Å². The normalized spacial score (nSPS) is 20.4. The summed E-state index contributed by atoms with van der Waals surface area (Å²) >= 11 is 0. The molecule has 0 spiro atoms. The van der Waals surface area contributed by atoms with E-state index in [9.17, 15) is 13.2 Å². The van der Waals surface area contributed by atoms with Crippen molar-refractivity contribution in [2.45, 2.75) is 19.8 Å². The smallest absolute Gasteiger partial charge is 0.190 e. The second-order valence-corrected chi connectivity index (χ2v) is 2.31. The highest BCUT2D eigenvalue weighted by atomic mass is 19.2. The predicted octanol–water partition coefficient (Wildman–Crippen LogP) is 3.17. The lowest BCUT2D eigenvalue weighted by atomic mass is 10.0. The summed E-state index contributed by atoms with van der Waals surface area (Å²) in [6.45, 7) is 1.46. The fraction of sp³-hybridized carbons (Fsp3) is 0.429. The molecule has 0 N–H and O–H groups in total. The number of rotatable bonds is 0. The van der Waals surface area contributed by atoms with Crippen molar-refractivity contribution in [3.63, 3.8) is 0 Å². The third-order valence-electron chi connectivity index (χ3n) is 1.53. The van der Waals surface area contributed by atoms with Crippen LogP contribution >= 0.6 is 0 Å². The maximum absolute atomic E-state index is 12.4. The average molecular weight is 148 g/mol. The molecule has 0 heterocycles. The fourth-order valence-electron chi connectivity index (χ4n) is 0.823. The summed E-state index contributed by atoms with van der Waals surface area (Å²) in [7, 11) is 0. The third kappa shape index (κ3) is 1.08. The molecule has 0 saturated carbocycles. The van der Waals surface area contributed by atoms with Crippen molar-refractivity contribution < 1.29 is 13.2 Å². The van der Waals surface area contributed by atoms with E-state index < -0.39 is 17.5 Å². The van der Waals surface area contributed by atoms with Gasteiger partial charge in [-0.1, -0.05) is 0 Å². The van der Waals surface area contributed by atoms with Crippen LogP contribution in [0, 0.1) is 0 Å². The molecule has 1 rings (SSSR count). The summed E-state index contributed by atoms with van der Waals surface area (Å²) in [4.78, 5) is 0. The van der Waals surface area contributed by atoms with Crippen molar-refractivity contribution in [1.29, 1.82) is 0 Å². The zero-order valence-corrected chi connectivity index (χ0v) is 5.55. The van der Waals surface area contributed by atoms with Gasteiger partial charge in [-0.15, -0.1) is 0 Å². The topological polar surface area (TPSA) is 0 Å². The van der Waals surface area contributed by atoms with Gasteiger partial charge >= 0.3 is 0 Å². The Hall–Kier alpha value is -0.730. The monoisotopic (exact) mass is 148 g/mol. The molecule has 0 bridgehead atoms. The lowest BCUT2D eigenvalue weighted by Crippen LogP contribution is -1.95. The van der Waals surface area contributed by atoms with E-state index in [-0.39, 0.29) is 12.8 Å². The molecule has 0 aromatic carbocycles. The zero-order chi connectivity index (χ0) is 7.72. The van der Waals surface area contributed by atoms with Crippen LogP contribution < -0.4 is 0 Å². The van der Waals surface area contributed by atoms with E-state index in [1.165, 1.54) is 6.92 Å². The number of hydrogen-bond donors (Lipinski definition) is 0. The van der Waals surface area contributed by atoms with E-state index in [4.69, 9.17) is 0 Å². The maximum Gasteiger partial charge on any atom is 0.190 e. The first-order chi connectivity index (χ1) is 4.63. The molecule has 0 atom stereocenters. The molecule has 0 amide bonds. The van der Waals surface area contributed by atoms with Crippen LogP contribution in [-0.4, -0.2) is 0 Å². The van der Waals surface area contributed by atoms with Crippen LogP contribution in [0.2, 0.25) is 0 Å². The van der Waals surface area contributed by atoms with E-state index >= 15 is 0 Å². The summed E-state index contributed by atoms with van der Waals surface area (Å²) in [5.41, 5.74) is 0.291. The SMILES string of the molecule is CC1=C(F)C(F)=C(F)CC1. The van der Waals surface area contributed by atoms with Gasteiger partial charge < -0.3 is 0 Å². The molecule has 0 saturated heterocycles. The summed E-state index contributed by atoms with van der Waals surface area (Å²) in [5.74, 6) is -3.31. The van der Waals surface area contributed by atoms with Crippen LogP contribution in [-0.2, 0) is 0 Å². The highest BCUT2D eigenvalue weighted by Crippen LogP contribution is 2.32. The summed E-state index contributed by atoms with van der Waals surface area (Å²) in [5, 5.41) is 0. The molecule has 10 heavy (non-hydrogen) atoms. The standard InChI is InChI=1S/C7H7F3/c1-4-2-3-5(8)7(10)6(4)9/h2-3H2,1H3. The van der Waals surface area contributed by atoms with Crippen molar-refractivity contribution in [2.24, 2.45) is 0 Å². The van der Waals surface area contributed by atoms with Gasteiger partial charge in [0, 0.05) is 6.42 Å². The second-order valence-electron chi connectivity index (χ2n) is 2.31. The van der Waals surface area contributed by atoms with Crippen molar-refractivity contribution in [3.05, 3.63) is 23.1 Å². The number of allylic oxidation sites excluding steroid dienone is 4. The molecule has 1 aliphatic rings. The molecule has 3 heteroatoms. The average Bonchev–Trinajstić information content (AvgIpc) is 1.93. The summed E-state index contributed by atoms with van der Waals surface area (Å²) < 4.78 is 37.0. The van der Waals surface area contributed by atoms with Gasteiger partial charge in [-0.25, -0.2) is 13.2 Å². The van der Waals surface area contributed by atoms with Gasteiger partial charge in [0.15, 0.2) is 11.7 Å². The minimum absolute atomic E-state index is 0.00884. The summed E-state index contributed by atoms with van der Waals surface area (Å²) in [6, 6.07) is 0. The molecular formula is C7H7F3. The van der Waals surface area contributed by atoms with E-state index in [2.05, 4.69) is 0 Å². The van der Waals surface area contributed by atoms with E-state index in [1.54, 1.807) is 0 Å². The Morgan fingerprint density at radius 1 is 1.00 bits per heavy atom. The van der Waals surface area contributed by atoms with Gasteiger partial charge in [-0.2, -0.15) is 0 Å². The molecule has 0 fully saturated rings. The van der Waals surface area contributed by atoms with Crippen molar-refractivity contribution in [3.8, 4) is 0 Å². The molecule has 1 aliphatic carbocycles. The first-order valence-corrected chi connectivity index (χ1v) is 3.02. The summed E-state index contributed by atoms with van der Waals surface area (Å²) in [6.07, 6.45) is 0.274. The van der Waals surface area contributed by atoms with E-state index in [0.29, 0.717) is 5.57 Å². The third-order valence-corrected chi connectivity index (χ3v) is 1.53. The highest BCUT2D eigenvalue weighted by molar-refractivity contribution is 5.30. The Kier molecular flexibility index (Phi) is 1.83. The molecule has 0 aliphatic heterocycles. The predicted molar refractivity (Wildman–Crippen MR) is 32.3 cm³/mol. The first-order valence-electron chi connectivity index (χ1n) is 3.02. The van der Waals surface area contributed by atoms with Gasteiger partial charge in [0.2, 0.25) is 0 Å². The van der Waals surface area contributed by atoms with Gasteiger partial charge in [-0.05, 0) is 18.9 Å².